The molecule has 0 saturated heterocycles. The Labute approximate surface area is 329 Å². The van der Waals surface area contributed by atoms with Gasteiger partial charge in [-0.1, -0.05) is 121 Å². The molecule has 0 amide bonds. The van der Waals surface area contributed by atoms with Gasteiger partial charge in [0.2, 0.25) is 0 Å². The van der Waals surface area contributed by atoms with E-state index in [1.165, 1.54) is 42.8 Å². The van der Waals surface area contributed by atoms with E-state index < -0.39 is 0 Å². The fraction of sp³-hybridized carbons (Fsp3) is 0. The number of hydrogen-bond donors (Lipinski definition) is 0. The third-order valence-electron chi connectivity index (χ3n) is 11.6. The molecule has 0 spiro atoms. The minimum Gasteiger partial charge on any atom is -0.455 e. The van der Waals surface area contributed by atoms with Gasteiger partial charge in [-0.2, -0.15) is 0 Å². The van der Waals surface area contributed by atoms with E-state index in [-0.39, 0.29) is 0 Å². The molecule has 0 aliphatic carbocycles. The first-order valence-electron chi connectivity index (χ1n) is 19.1. The van der Waals surface area contributed by atoms with E-state index in [4.69, 9.17) is 19.4 Å². The Balaban J connectivity index is 0.992. The molecule has 5 nitrogen and oxygen atoms in total. The van der Waals surface area contributed by atoms with Crippen LogP contribution in [0, 0.1) is 0 Å². The van der Waals surface area contributed by atoms with Gasteiger partial charge in [0.25, 0.3) is 0 Å². The van der Waals surface area contributed by atoms with Gasteiger partial charge in [0, 0.05) is 54.4 Å². The summed E-state index contributed by atoms with van der Waals surface area (Å²) >= 11 is 1.78. The highest BCUT2D eigenvalue weighted by Gasteiger charge is 2.23. The third kappa shape index (κ3) is 4.41. The number of para-hydroxylation sites is 4. The van der Waals surface area contributed by atoms with Crippen molar-refractivity contribution in [1.29, 1.82) is 0 Å². The van der Waals surface area contributed by atoms with Gasteiger partial charge >= 0.3 is 0 Å². The smallest absolute Gasteiger partial charge is 0.160 e. The number of nitrogens with zero attached hydrogens (tertiary/aromatic N) is 4. The second-order valence-electron chi connectivity index (χ2n) is 14.7. The molecule has 0 atom stereocenters. The predicted octanol–water partition coefficient (Wildman–Crippen LogP) is 14.0. The van der Waals surface area contributed by atoms with Crippen LogP contribution in [0.25, 0.3) is 125 Å². The van der Waals surface area contributed by atoms with Crippen LogP contribution in [0.3, 0.4) is 0 Å². The maximum absolute atomic E-state index is 6.49. The van der Waals surface area contributed by atoms with Crippen LogP contribution in [-0.2, 0) is 0 Å². The van der Waals surface area contributed by atoms with E-state index >= 15 is 0 Å². The summed E-state index contributed by atoms with van der Waals surface area (Å²) in [6, 6.07) is 59.8. The van der Waals surface area contributed by atoms with E-state index in [0.717, 1.165) is 76.9 Å². The summed E-state index contributed by atoms with van der Waals surface area (Å²) < 4.78 is 10.2. The maximum Gasteiger partial charge on any atom is 0.160 e. The second kappa shape index (κ2) is 11.6. The van der Waals surface area contributed by atoms with Gasteiger partial charge in [-0.05, 0) is 59.7 Å². The lowest BCUT2D eigenvalue weighted by Crippen LogP contribution is -1.95. The lowest BCUT2D eigenvalue weighted by molar-refractivity contribution is 0.670. The van der Waals surface area contributed by atoms with Crippen LogP contribution in [0.4, 0.5) is 0 Å². The highest BCUT2D eigenvalue weighted by atomic mass is 32.1. The van der Waals surface area contributed by atoms with E-state index in [1.807, 2.05) is 24.3 Å². The summed E-state index contributed by atoms with van der Waals surface area (Å²) in [5, 5.41) is 9.17. The predicted molar refractivity (Wildman–Crippen MR) is 236 cm³/mol. The van der Waals surface area contributed by atoms with Gasteiger partial charge in [0.15, 0.2) is 5.82 Å². The van der Waals surface area contributed by atoms with Crippen LogP contribution in [-0.4, -0.2) is 19.4 Å². The SMILES string of the molecule is c1ccc(-c2nc3cc4c5cc(-c6cccc(-c7nc(-c8cccc9c8oc8ccccc89)c8ccccc8n7)c6)ccc5n5c6ccccc6c(c3s2)c45)cc1. The molecule has 0 aliphatic heterocycles. The van der Waals surface area contributed by atoms with Crippen LogP contribution >= 0.6 is 11.3 Å². The van der Waals surface area contributed by atoms with Gasteiger partial charge in [-0.25, -0.2) is 15.0 Å². The van der Waals surface area contributed by atoms with Gasteiger partial charge in [-0.15, -0.1) is 11.3 Å². The molecule has 0 unspecified atom stereocenters. The molecule has 0 saturated carbocycles. The van der Waals surface area contributed by atoms with Gasteiger partial charge in [-0.3, -0.25) is 0 Å². The Morgan fingerprint density at radius 1 is 0.456 bits per heavy atom. The van der Waals surface area contributed by atoms with Gasteiger partial charge in [0.1, 0.15) is 16.2 Å². The van der Waals surface area contributed by atoms with Crippen molar-refractivity contribution in [1.82, 2.24) is 19.4 Å². The molecule has 0 aliphatic rings. The van der Waals surface area contributed by atoms with E-state index in [0.29, 0.717) is 5.82 Å². The summed E-state index contributed by atoms with van der Waals surface area (Å²) in [6.07, 6.45) is 0. The summed E-state index contributed by atoms with van der Waals surface area (Å²) in [6.45, 7) is 0. The first-order valence-corrected chi connectivity index (χ1v) is 19.9. The number of benzene rings is 8. The molecule has 0 bridgehead atoms. The summed E-state index contributed by atoms with van der Waals surface area (Å²) in [4.78, 5) is 15.6. The first kappa shape index (κ1) is 30.9. The molecule has 0 N–H and O–H groups in total. The summed E-state index contributed by atoms with van der Waals surface area (Å²) in [7, 11) is 0. The monoisotopic (exact) mass is 744 g/mol. The molecule has 8 aromatic carbocycles. The quantitative estimate of drug-likeness (QED) is 0.180. The van der Waals surface area contributed by atoms with Crippen LogP contribution in [0.2, 0.25) is 0 Å². The zero-order valence-electron chi connectivity index (χ0n) is 30.3. The minimum atomic E-state index is 0.673. The fourth-order valence-electron chi connectivity index (χ4n) is 9.01. The topological polar surface area (TPSA) is 56.2 Å². The van der Waals surface area contributed by atoms with Crippen LogP contribution in [0.15, 0.2) is 174 Å². The Morgan fingerprint density at radius 3 is 2.11 bits per heavy atom. The van der Waals surface area contributed by atoms with Crippen molar-refractivity contribution in [3.05, 3.63) is 170 Å². The Bertz CT molecular complexity index is 3760. The van der Waals surface area contributed by atoms with Gasteiger partial charge < -0.3 is 8.82 Å². The van der Waals surface area contributed by atoms with Crippen molar-refractivity contribution in [3.8, 4) is 44.3 Å². The van der Waals surface area contributed by atoms with E-state index in [1.54, 1.807) is 11.3 Å². The molecule has 5 aromatic heterocycles. The molecule has 0 radical (unpaired) electrons. The first-order chi connectivity index (χ1) is 28.2. The zero-order valence-corrected chi connectivity index (χ0v) is 31.1. The van der Waals surface area contributed by atoms with Crippen molar-refractivity contribution < 1.29 is 4.42 Å². The lowest BCUT2D eigenvalue weighted by Gasteiger charge is -2.11. The molecular weight excluding hydrogens is 717 g/mol. The number of rotatable bonds is 4. The van der Waals surface area contributed by atoms with Crippen LogP contribution < -0.4 is 0 Å². The highest BCUT2D eigenvalue weighted by Crippen LogP contribution is 2.46. The van der Waals surface area contributed by atoms with Crippen LogP contribution in [0.1, 0.15) is 0 Å². The average Bonchev–Trinajstić information content (AvgIpc) is 4.04. The fourth-order valence-corrected chi connectivity index (χ4v) is 10.1. The lowest BCUT2D eigenvalue weighted by atomic mass is 9.99. The largest absolute Gasteiger partial charge is 0.455 e. The summed E-state index contributed by atoms with van der Waals surface area (Å²) in [5.74, 6) is 0.673. The zero-order chi connectivity index (χ0) is 37.2. The second-order valence-corrected chi connectivity index (χ2v) is 15.7. The van der Waals surface area contributed by atoms with E-state index in [2.05, 4.69) is 150 Å². The third-order valence-corrected chi connectivity index (χ3v) is 12.7. The van der Waals surface area contributed by atoms with Crippen molar-refractivity contribution in [2.75, 3.05) is 0 Å². The molecule has 0 fully saturated rings. The van der Waals surface area contributed by atoms with Crippen molar-refractivity contribution in [2.24, 2.45) is 0 Å². The highest BCUT2D eigenvalue weighted by molar-refractivity contribution is 7.22. The normalized spacial score (nSPS) is 12.2. The Hall–Kier alpha value is -7.41. The maximum atomic E-state index is 6.49. The number of hydrogen-bond acceptors (Lipinski definition) is 5. The van der Waals surface area contributed by atoms with Gasteiger partial charge in [0.05, 0.1) is 38.0 Å². The molecule has 5 heterocycles. The molecule has 264 valence electrons. The summed E-state index contributed by atoms with van der Waals surface area (Å²) in [5.41, 5.74) is 13.4. The molecule has 57 heavy (non-hydrogen) atoms. The number of aromatic nitrogens is 4. The van der Waals surface area contributed by atoms with Crippen molar-refractivity contribution in [2.45, 2.75) is 0 Å². The molecule has 13 rings (SSSR count). The standard InChI is InChI=1S/C51H28N4OS/c1-2-12-29(13-3-1)51-53-41-28-39-38-27-31(24-25-43(38)55-42-22-8-5-18-36(42)45(47(39)55)49(41)57-51)30-14-10-15-32(26-30)50-52-40-21-7-4-17-35(40)46(54-50)37-20-11-19-34-33-16-6-9-23-44(33)56-48(34)37/h1-28H. The molecule has 6 heteroatoms. The minimum absolute atomic E-state index is 0.673. The number of thiazole rings is 1. The Kier molecular flexibility index (Phi) is 6.26. The van der Waals surface area contributed by atoms with Crippen molar-refractivity contribution in [3.63, 3.8) is 0 Å². The molecule has 13 aromatic rings. The molecular formula is C51H28N4OS. The Morgan fingerprint density at radius 2 is 1.18 bits per heavy atom. The number of fused-ring (bicyclic) bond motifs is 12. The van der Waals surface area contributed by atoms with E-state index in [9.17, 15) is 0 Å². The van der Waals surface area contributed by atoms with Crippen LogP contribution in [0.5, 0.6) is 0 Å². The average molecular weight is 745 g/mol. The van der Waals surface area contributed by atoms with Crippen molar-refractivity contribution >= 4 is 92.5 Å². The number of furan rings is 1.